The van der Waals surface area contributed by atoms with E-state index in [1.165, 1.54) is 11.8 Å². The van der Waals surface area contributed by atoms with Crippen LogP contribution in [0, 0.1) is 6.92 Å². The van der Waals surface area contributed by atoms with Gasteiger partial charge in [-0.05, 0) is 30.7 Å². The van der Waals surface area contributed by atoms with Gasteiger partial charge in [0.15, 0.2) is 11.0 Å². The molecule has 0 spiro atoms. The molecule has 7 nitrogen and oxygen atoms in total. The second-order valence-corrected chi connectivity index (χ2v) is 7.44. The van der Waals surface area contributed by atoms with E-state index >= 15 is 0 Å². The summed E-state index contributed by atoms with van der Waals surface area (Å²) in [5.74, 6) is 0.484. The van der Waals surface area contributed by atoms with Crippen LogP contribution in [0.5, 0.6) is 0 Å². The molecule has 154 valence electrons. The first kappa shape index (κ1) is 21.3. The minimum Gasteiger partial charge on any atom is -0.345 e. The molecule has 2 aromatic carbocycles. The first-order valence-electron chi connectivity index (χ1n) is 9.43. The van der Waals surface area contributed by atoms with Crippen LogP contribution < -0.4 is 10.6 Å². The van der Waals surface area contributed by atoms with E-state index in [4.69, 9.17) is 0 Å². The molecular formula is C22H23N5O2S. The van der Waals surface area contributed by atoms with Gasteiger partial charge in [-0.2, -0.15) is 0 Å². The first-order valence-corrected chi connectivity index (χ1v) is 10.4. The van der Waals surface area contributed by atoms with Crippen molar-refractivity contribution in [2.45, 2.75) is 25.2 Å². The summed E-state index contributed by atoms with van der Waals surface area (Å²) in [6.07, 6.45) is 1.73. The van der Waals surface area contributed by atoms with Crippen LogP contribution in [0.1, 0.15) is 21.7 Å². The number of para-hydroxylation sites is 1. The molecule has 0 saturated carbocycles. The lowest BCUT2D eigenvalue weighted by Gasteiger charge is -2.10. The van der Waals surface area contributed by atoms with E-state index in [0.717, 1.165) is 11.3 Å². The molecule has 1 aromatic heterocycles. The Morgan fingerprint density at radius 1 is 1.10 bits per heavy atom. The summed E-state index contributed by atoms with van der Waals surface area (Å²) in [5.41, 5.74) is 2.37. The van der Waals surface area contributed by atoms with Crippen molar-refractivity contribution in [3.63, 3.8) is 0 Å². The highest BCUT2D eigenvalue weighted by Gasteiger charge is 2.15. The van der Waals surface area contributed by atoms with Gasteiger partial charge in [-0.25, -0.2) is 0 Å². The molecule has 0 saturated heterocycles. The Morgan fingerprint density at radius 3 is 2.57 bits per heavy atom. The third kappa shape index (κ3) is 5.57. The topological polar surface area (TPSA) is 88.9 Å². The van der Waals surface area contributed by atoms with Crippen molar-refractivity contribution < 1.29 is 9.59 Å². The van der Waals surface area contributed by atoms with Gasteiger partial charge in [0.2, 0.25) is 5.91 Å². The van der Waals surface area contributed by atoms with Gasteiger partial charge in [0.1, 0.15) is 0 Å². The largest absolute Gasteiger partial charge is 0.345 e. The van der Waals surface area contributed by atoms with Crippen LogP contribution in [0.3, 0.4) is 0 Å². The van der Waals surface area contributed by atoms with E-state index in [1.54, 1.807) is 18.2 Å². The SMILES string of the molecule is C=CCn1c(CNC(=O)c2ccccc2)nnc1SCC(=O)Nc1ccccc1C. The van der Waals surface area contributed by atoms with Crippen molar-refractivity contribution in [2.24, 2.45) is 0 Å². The standard InChI is InChI=1S/C22H23N5O2S/c1-3-13-27-19(14-23-21(29)17-10-5-4-6-11-17)25-26-22(27)30-15-20(28)24-18-12-8-7-9-16(18)2/h3-12H,1,13-15H2,2H3,(H,23,29)(H,24,28). The molecule has 0 aliphatic heterocycles. The van der Waals surface area contributed by atoms with Gasteiger partial charge in [0.25, 0.3) is 5.91 Å². The highest BCUT2D eigenvalue weighted by molar-refractivity contribution is 7.99. The highest BCUT2D eigenvalue weighted by Crippen LogP contribution is 2.19. The predicted molar refractivity (Wildman–Crippen MR) is 118 cm³/mol. The third-order valence-corrected chi connectivity index (χ3v) is 5.27. The number of carbonyl (C=O) groups is 2. The average Bonchev–Trinajstić information content (AvgIpc) is 3.14. The molecular weight excluding hydrogens is 398 g/mol. The van der Waals surface area contributed by atoms with Crippen LogP contribution in [-0.2, 0) is 17.9 Å². The van der Waals surface area contributed by atoms with Gasteiger partial charge < -0.3 is 15.2 Å². The molecule has 0 unspecified atom stereocenters. The van der Waals surface area contributed by atoms with Crippen molar-refractivity contribution in [3.05, 3.63) is 84.2 Å². The maximum Gasteiger partial charge on any atom is 0.251 e. The van der Waals surface area contributed by atoms with Crippen molar-refractivity contribution in [1.29, 1.82) is 0 Å². The molecule has 0 aliphatic rings. The number of anilines is 1. The Hall–Kier alpha value is -3.39. The smallest absolute Gasteiger partial charge is 0.251 e. The van der Waals surface area contributed by atoms with Crippen LogP contribution in [-0.4, -0.2) is 32.3 Å². The number of nitrogens with one attached hydrogen (secondary N) is 2. The fraction of sp³-hybridized carbons (Fsp3) is 0.182. The van der Waals surface area contributed by atoms with Gasteiger partial charge in [0, 0.05) is 17.8 Å². The number of nitrogens with zero attached hydrogens (tertiary/aromatic N) is 3. The fourth-order valence-electron chi connectivity index (χ4n) is 2.75. The number of aryl methyl sites for hydroxylation is 1. The number of hydrogen-bond acceptors (Lipinski definition) is 5. The van der Waals surface area contributed by atoms with Crippen molar-refractivity contribution >= 4 is 29.3 Å². The molecule has 3 rings (SSSR count). The van der Waals surface area contributed by atoms with E-state index in [2.05, 4.69) is 27.4 Å². The second kappa shape index (κ2) is 10.4. The van der Waals surface area contributed by atoms with Crippen LogP contribution >= 0.6 is 11.8 Å². The zero-order valence-corrected chi connectivity index (χ0v) is 17.5. The number of aromatic nitrogens is 3. The summed E-state index contributed by atoms with van der Waals surface area (Å²) < 4.78 is 1.84. The van der Waals surface area contributed by atoms with Crippen molar-refractivity contribution in [3.8, 4) is 0 Å². The van der Waals surface area contributed by atoms with Crippen molar-refractivity contribution in [1.82, 2.24) is 20.1 Å². The third-order valence-electron chi connectivity index (χ3n) is 4.30. The van der Waals surface area contributed by atoms with Crippen LogP contribution in [0.25, 0.3) is 0 Å². The van der Waals surface area contributed by atoms with Gasteiger partial charge in [0.05, 0.1) is 12.3 Å². The molecule has 30 heavy (non-hydrogen) atoms. The Morgan fingerprint density at radius 2 is 1.83 bits per heavy atom. The van der Waals surface area contributed by atoms with Gasteiger partial charge in [-0.3, -0.25) is 9.59 Å². The molecule has 3 aromatic rings. The quantitative estimate of drug-likeness (QED) is 0.408. The Bertz CT molecular complexity index is 1030. The molecule has 2 amide bonds. The minimum atomic E-state index is -0.185. The molecule has 1 heterocycles. The molecule has 0 atom stereocenters. The van der Waals surface area contributed by atoms with Gasteiger partial charge in [-0.15, -0.1) is 16.8 Å². The van der Waals surface area contributed by atoms with Crippen LogP contribution in [0.4, 0.5) is 5.69 Å². The fourth-order valence-corrected chi connectivity index (χ4v) is 3.52. The summed E-state index contributed by atoms with van der Waals surface area (Å²) in [5, 5.41) is 14.7. The van der Waals surface area contributed by atoms with Gasteiger partial charge in [-0.1, -0.05) is 54.2 Å². The summed E-state index contributed by atoms with van der Waals surface area (Å²) in [6, 6.07) is 16.6. The molecule has 0 fully saturated rings. The lowest BCUT2D eigenvalue weighted by molar-refractivity contribution is -0.113. The van der Waals surface area contributed by atoms with Crippen LogP contribution in [0.2, 0.25) is 0 Å². The number of rotatable bonds is 9. The summed E-state index contributed by atoms with van der Waals surface area (Å²) in [7, 11) is 0. The summed E-state index contributed by atoms with van der Waals surface area (Å²) in [6.45, 7) is 6.42. The summed E-state index contributed by atoms with van der Waals surface area (Å²) in [4.78, 5) is 24.6. The number of amides is 2. The zero-order chi connectivity index (χ0) is 21.3. The summed E-state index contributed by atoms with van der Waals surface area (Å²) >= 11 is 1.29. The molecule has 8 heteroatoms. The maximum atomic E-state index is 12.3. The number of benzene rings is 2. The lowest BCUT2D eigenvalue weighted by atomic mass is 10.2. The molecule has 0 radical (unpaired) electrons. The number of thioether (sulfide) groups is 1. The predicted octanol–water partition coefficient (Wildman–Crippen LogP) is 3.43. The molecule has 0 bridgehead atoms. The van der Waals surface area contributed by atoms with E-state index in [-0.39, 0.29) is 24.1 Å². The number of hydrogen-bond donors (Lipinski definition) is 2. The zero-order valence-electron chi connectivity index (χ0n) is 16.7. The van der Waals surface area contributed by atoms with Crippen molar-refractivity contribution in [2.75, 3.05) is 11.1 Å². The van der Waals surface area contributed by atoms with E-state index in [9.17, 15) is 9.59 Å². The Kier molecular flexibility index (Phi) is 7.40. The minimum absolute atomic E-state index is 0.124. The molecule has 2 N–H and O–H groups in total. The normalized spacial score (nSPS) is 10.4. The lowest BCUT2D eigenvalue weighted by Crippen LogP contribution is -2.24. The molecule has 0 aliphatic carbocycles. The maximum absolute atomic E-state index is 12.3. The Balaban J connectivity index is 1.61. The highest BCUT2D eigenvalue weighted by atomic mass is 32.2. The van der Waals surface area contributed by atoms with Gasteiger partial charge >= 0.3 is 0 Å². The monoisotopic (exact) mass is 421 g/mol. The average molecular weight is 422 g/mol. The van der Waals surface area contributed by atoms with Crippen LogP contribution in [0.15, 0.2) is 72.4 Å². The Labute approximate surface area is 179 Å². The van der Waals surface area contributed by atoms with E-state index < -0.39 is 0 Å². The first-order chi connectivity index (χ1) is 14.6. The number of allylic oxidation sites excluding steroid dienone is 1. The number of carbonyl (C=O) groups excluding carboxylic acids is 2. The second-order valence-electron chi connectivity index (χ2n) is 6.50. The van der Waals surface area contributed by atoms with E-state index in [0.29, 0.717) is 23.1 Å². The van der Waals surface area contributed by atoms with E-state index in [1.807, 2.05) is 54.0 Å².